The zero-order chi connectivity index (χ0) is 17.8. The van der Waals surface area contributed by atoms with Gasteiger partial charge in [0.15, 0.2) is 5.78 Å². The molecule has 0 fully saturated rings. The van der Waals surface area contributed by atoms with Crippen molar-refractivity contribution in [3.63, 3.8) is 0 Å². The average molecular weight is 371 g/mol. The van der Waals surface area contributed by atoms with Crippen molar-refractivity contribution in [2.24, 2.45) is 0 Å². The molecule has 2 nitrogen and oxygen atoms in total. The molecular formula is C21H16Cl2O2. The quantitative estimate of drug-likeness (QED) is 0.513. The molecule has 0 saturated heterocycles. The van der Waals surface area contributed by atoms with Gasteiger partial charge in [0, 0.05) is 17.2 Å². The van der Waals surface area contributed by atoms with E-state index in [1.807, 2.05) is 60.7 Å². The van der Waals surface area contributed by atoms with Crippen molar-refractivity contribution >= 4 is 29.0 Å². The largest absolute Gasteiger partial charge is 0.496 e. The van der Waals surface area contributed by atoms with E-state index in [9.17, 15) is 4.79 Å². The minimum Gasteiger partial charge on any atom is -0.496 e. The normalized spacial score (nSPS) is 11.8. The fourth-order valence-corrected chi connectivity index (χ4v) is 3.16. The van der Waals surface area contributed by atoms with E-state index in [4.69, 9.17) is 27.9 Å². The standard InChI is InChI=1S/C21H16Cl2O2/c1-25-19-13-18(23)17(22)12-16(19)20(14-8-4-2-5-9-14)21(24)15-10-6-3-7-11-15/h2-13,20H,1H3/t20-/m1/s1. The Kier molecular flexibility index (Phi) is 5.42. The number of Topliss-reactive ketones (excluding diaryl/α,β-unsaturated/α-hetero) is 1. The van der Waals surface area contributed by atoms with Gasteiger partial charge in [-0.3, -0.25) is 4.79 Å². The Labute approximate surface area is 157 Å². The number of carbonyl (C=O) groups excluding carboxylic acids is 1. The van der Waals surface area contributed by atoms with Crippen molar-refractivity contribution in [3.05, 3.63) is 99.5 Å². The molecule has 25 heavy (non-hydrogen) atoms. The lowest BCUT2D eigenvalue weighted by atomic mass is 9.84. The molecule has 3 aromatic carbocycles. The van der Waals surface area contributed by atoms with Crippen LogP contribution in [0, 0.1) is 0 Å². The van der Waals surface area contributed by atoms with E-state index in [2.05, 4.69) is 0 Å². The summed E-state index contributed by atoms with van der Waals surface area (Å²) in [4.78, 5) is 13.3. The summed E-state index contributed by atoms with van der Waals surface area (Å²) in [6.07, 6.45) is 0. The number of rotatable bonds is 5. The van der Waals surface area contributed by atoms with E-state index < -0.39 is 5.92 Å². The molecule has 0 aromatic heterocycles. The van der Waals surface area contributed by atoms with Crippen LogP contribution in [0.1, 0.15) is 27.4 Å². The van der Waals surface area contributed by atoms with E-state index in [0.717, 1.165) is 5.56 Å². The van der Waals surface area contributed by atoms with E-state index in [0.29, 0.717) is 26.9 Å². The highest BCUT2D eigenvalue weighted by Gasteiger charge is 2.27. The number of benzene rings is 3. The molecule has 0 spiro atoms. The highest BCUT2D eigenvalue weighted by atomic mass is 35.5. The Bertz CT molecular complexity index is 877. The molecule has 4 heteroatoms. The first-order valence-corrected chi connectivity index (χ1v) is 8.54. The fraction of sp³-hybridized carbons (Fsp3) is 0.0952. The average Bonchev–Trinajstić information content (AvgIpc) is 2.66. The van der Waals surface area contributed by atoms with E-state index in [1.54, 1.807) is 19.2 Å². The zero-order valence-corrected chi connectivity index (χ0v) is 15.1. The van der Waals surface area contributed by atoms with Crippen molar-refractivity contribution < 1.29 is 9.53 Å². The molecule has 0 aliphatic heterocycles. The smallest absolute Gasteiger partial charge is 0.174 e. The molecular weight excluding hydrogens is 355 g/mol. The number of hydrogen-bond acceptors (Lipinski definition) is 2. The zero-order valence-electron chi connectivity index (χ0n) is 13.6. The van der Waals surface area contributed by atoms with Crippen LogP contribution in [0.4, 0.5) is 0 Å². The van der Waals surface area contributed by atoms with Crippen LogP contribution in [0.5, 0.6) is 5.75 Å². The van der Waals surface area contributed by atoms with Crippen molar-refractivity contribution in [1.29, 1.82) is 0 Å². The monoisotopic (exact) mass is 370 g/mol. The third-order valence-electron chi connectivity index (χ3n) is 4.04. The molecule has 0 bridgehead atoms. The highest BCUT2D eigenvalue weighted by molar-refractivity contribution is 6.42. The van der Waals surface area contributed by atoms with Crippen LogP contribution in [0.25, 0.3) is 0 Å². The summed E-state index contributed by atoms with van der Waals surface area (Å²) in [6, 6.07) is 22.1. The minimum atomic E-state index is -0.534. The SMILES string of the molecule is COc1cc(Cl)c(Cl)cc1[C@H](C(=O)c1ccccc1)c1ccccc1. The highest BCUT2D eigenvalue weighted by Crippen LogP contribution is 2.39. The number of halogens is 2. The predicted molar refractivity (Wildman–Crippen MR) is 102 cm³/mol. The van der Waals surface area contributed by atoms with Crippen molar-refractivity contribution in [1.82, 2.24) is 0 Å². The number of hydrogen-bond donors (Lipinski definition) is 0. The van der Waals surface area contributed by atoms with Gasteiger partial charge in [0.1, 0.15) is 5.75 Å². The maximum atomic E-state index is 13.3. The molecule has 0 amide bonds. The van der Waals surface area contributed by atoms with Gasteiger partial charge in [0.2, 0.25) is 0 Å². The maximum Gasteiger partial charge on any atom is 0.174 e. The van der Waals surface area contributed by atoms with Crippen LogP contribution in [-0.4, -0.2) is 12.9 Å². The van der Waals surface area contributed by atoms with Crippen LogP contribution in [0.3, 0.4) is 0 Å². The fourth-order valence-electron chi connectivity index (χ4n) is 2.83. The third-order valence-corrected chi connectivity index (χ3v) is 4.76. The molecule has 1 atom stereocenters. The Hall–Kier alpha value is -2.29. The van der Waals surface area contributed by atoms with E-state index >= 15 is 0 Å². The lowest BCUT2D eigenvalue weighted by Crippen LogP contribution is -2.15. The molecule has 0 heterocycles. The summed E-state index contributed by atoms with van der Waals surface area (Å²) in [7, 11) is 1.55. The summed E-state index contributed by atoms with van der Waals surface area (Å²) < 4.78 is 5.47. The second-order valence-electron chi connectivity index (χ2n) is 5.58. The first-order chi connectivity index (χ1) is 12.1. The van der Waals surface area contributed by atoms with E-state index in [1.165, 1.54) is 0 Å². The van der Waals surface area contributed by atoms with Gasteiger partial charge in [0.25, 0.3) is 0 Å². The van der Waals surface area contributed by atoms with Gasteiger partial charge in [0.05, 0.1) is 23.1 Å². The van der Waals surface area contributed by atoms with Gasteiger partial charge in [-0.2, -0.15) is 0 Å². The summed E-state index contributed by atoms with van der Waals surface area (Å²) in [5.74, 6) is -0.0238. The van der Waals surface area contributed by atoms with Gasteiger partial charge >= 0.3 is 0 Å². The maximum absolute atomic E-state index is 13.3. The van der Waals surface area contributed by atoms with Gasteiger partial charge < -0.3 is 4.74 Å². The second kappa shape index (κ2) is 7.73. The van der Waals surface area contributed by atoms with Gasteiger partial charge in [-0.25, -0.2) is 0 Å². The van der Waals surface area contributed by atoms with Gasteiger partial charge in [-0.15, -0.1) is 0 Å². The van der Waals surface area contributed by atoms with Crippen LogP contribution in [0.2, 0.25) is 10.0 Å². The lowest BCUT2D eigenvalue weighted by molar-refractivity contribution is 0.0972. The summed E-state index contributed by atoms with van der Waals surface area (Å²) >= 11 is 12.3. The van der Waals surface area contributed by atoms with Crippen molar-refractivity contribution in [3.8, 4) is 5.75 Å². The minimum absolute atomic E-state index is 0.0245. The van der Waals surface area contributed by atoms with E-state index in [-0.39, 0.29) is 5.78 Å². The second-order valence-corrected chi connectivity index (χ2v) is 6.40. The number of ketones is 1. The van der Waals surface area contributed by atoms with Gasteiger partial charge in [-0.1, -0.05) is 83.9 Å². The molecule has 0 N–H and O–H groups in total. The first kappa shape index (κ1) is 17.5. The molecule has 0 aliphatic carbocycles. The Morgan fingerprint density at radius 1 is 0.880 bits per heavy atom. The van der Waals surface area contributed by atoms with Crippen molar-refractivity contribution in [2.75, 3.05) is 7.11 Å². The number of ether oxygens (including phenoxy) is 1. The molecule has 0 unspecified atom stereocenters. The number of carbonyl (C=O) groups is 1. The molecule has 126 valence electrons. The van der Waals surface area contributed by atoms with Crippen LogP contribution in [0.15, 0.2) is 72.8 Å². The Morgan fingerprint density at radius 2 is 1.44 bits per heavy atom. The van der Waals surface area contributed by atoms with Gasteiger partial charge in [-0.05, 0) is 11.6 Å². The summed E-state index contributed by atoms with van der Waals surface area (Å²) in [5, 5.41) is 0.778. The third kappa shape index (κ3) is 3.71. The molecule has 0 radical (unpaired) electrons. The lowest BCUT2D eigenvalue weighted by Gasteiger charge is -2.20. The molecule has 3 rings (SSSR count). The Morgan fingerprint density at radius 3 is 2.04 bits per heavy atom. The summed E-state index contributed by atoms with van der Waals surface area (Å²) in [5.41, 5.74) is 2.19. The Balaban J connectivity index is 2.19. The predicted octanol–water partition coefficient (Wildman–Crippen LogP) is 6.02. The van der Waals surface area contributed by atoms with Crippen LogP contribution >= 0.6 is 23.2 Å². The number of methoxy groups -OCH3 is 1. The molecule has 3 aromatic rings. The molecule has 0 aliphatic rings. The van der Waals surface area contributed by atoms with Crippen molar-refractivity contribution in [2.45, 2.75) is 5.92 Å². The van der Waals surface area contributed by atoms with Crippen LogP contribution < -0.4 is 4.74 Å². The topological polar surface area (TPSA) is 26.3 Å². The van der Waals surface area contributed by atoms with Crippen LogP contribution in [-0.2, 0) is 0 Å². The first-order valence-electron chi connectivity index (χ1n) is 7.79. The molecule has 0 saturated carbocycles. The summed E-state index contributed by atoms with van der Waals surface area (Å²) in [6.45, 7) is 0.